The Labute approximate surface area is 130 Å². The summed E-state index contributed by atoms with van der Waals surface area (Å²) in [4.78, 5) is 10.5. The summed E-state index contributed by atoms with van der Waals surface area (Å²) < 4.78 is 3.32. The molecule has 0 radical (unpaired) electrons. The summed E-state index contributed by atoms with van der Waals surface area (Å²) in [6.45, 7) is 9.57. The number of hydrogen-bond acceptors (Lipinski definition) is 2. The first-order chi connectivity index (χ1) is 8.59. The van der Waals surface area contributed by atoms with Crippen LogP contribution in [0.4, 0.5) is 0 Å². The molecule has 2 heterocycles. The molecular weight excluding hydrogens is 391 g/mol. The van der Waals surface area contributed by atoms with Crippen molar-refractivity contribution in [1.29, 1.82) is 0 Å². The van der Waals surface area contributed by atoms with Crippen molar-refractivity contribution in [3.05, 3.63) is 23.8 Å². The van der Waals surface area contributed by atoms with Crippen LogP contribution < -0.4 is 7.39 Å². The normalized spacial score (nSPS) is 13.0. The van der Waals surface area contributed by atoms with Gasteiger partial charge in [-0.3, -0.25) is 0 Å². The summed E-state index contributed by atoms with van der Waals surface area (Å²) in [5.74, 6) is 0. The zero-order valence-corrected chi connectivity index (χ0v) is 18.5. The minimum atomic E-state index is -1.91. The first-order valence-electron chi connectivity index (χ1n) is 6.80. The van der Waals surface area contributed by atoms with E-state index in [0.717, 1.165) is 0 Å². The average Bonchev–Trinajstić information content (AvgIpc) is 2.80. The molecule has 0 aromatic carbocycles. The third-order valence-electron chi connectivity index (χ3n) is 3.23. The van der Waals surface area contributed by atoms with Crippen LogP contribution in [-0.4, -0.2) is 26.5 Å². The number of hydrogen-bond donors (Lipinski definition) is 0. The SMILES string of the molecule is Cc1c[c]([Sn]([CH3])([CH3])[CH3])sc1-c1ccc([Si](C)(C)C)s1. The maximum atomic E-state index is 2.51. The van der Waals surface area contributed by atoms with Crippen molar-refractivity contribution in [2.75, 3.05) is 0 Å². The van der Waals surface area contributed by atoms with E-state index in [0.29, 0.717) is 0 Å². The monoisotopic (exact) mass is 416 g/mol. The second-order valence-corrected chi connectivity index (χ2v) is 30.2. The van der Waals surface area contributed by atoms with Gasteiger partial charge < -0.3 is 0 Å². The second-order valence-electron chi connectivity index (χ2n) is 7.29. The van der Waals surface area contributed by atoms with Crippen LogP contribution in [0, 0.1) is 6.92 Å². The van der Waals surface area contributed by atoms with Gasteiger partial charge in [0.1, 0.15) is 0 Å². The van der Waals surface area contributed by atoms with E-state index in [-0.39, 0.29) is 0 Å². The third-order valence-corrected chi connectivity index (χ3v) is 18.8. The number of rotatable bonds is 3. The summed E-state index contributed by atoms with van der Waals surface area (Å²) in [6.07, 6.45) is 0. The van der Waals surface area contributed by atoms with Crippen LogP contribution in [0.2, 0.25) is 34.5 Å². The quantitative estimate of drug-likeness (QED) is 0.628. The zero-order valence-electron chi connectivity index (χ0n) is 13.0. The Morgan fingerprint density at radius 1 is 1.00 bits per heavy atom. The fourth-order valence-electron chi connectivity index (χ4n) is 1.96. The molecule has 0 aliphatic rings. The first kappa shape index (κ1) is 15.8. The summed E-state index contributed by atoms with van der Waals surface area (Å²) >= 11 is 2.18. The molecule has 0 saturated carbocycles. The van der Waals surface area contributed by atoms with Crippen molar-refractivity contribution in [1.82, 2.24) is 0 Å². The molecule has 0 unspecified atom stereocenters. The molecule has 0 saturated heterocycles. The Bertz CT molecular complexity index is 582. The number of thiophene rings is 2. The van der Waals surface area contributed by atoms with Gasteiger partial charge in [-0.05, 0) is 0 Å². The maximum absolute atomic E-state index is 2.51. The average molecular weight is 415 g/mol. The van der Waals surface area contributed by atoms with Crippen molar-refractivity contribution in [2.24, 2.45) is 0 Å². The summed E-state index contributed by atoms with van der Waals surface area (Å²) in [6, 6.07) is 7.18. The van der Waals surface area contributed by atoms with Crippen LogP contribution in [0.3, 0.4) is 0 Å². The van der Waals surface area contributed by atoms with E-state index in [1.54, 1.807) is 7.39 Å². The summed E-state index contributed by atoms with van der Waals surface area (Å²) in [5.41, 5.74) is 1.48. The molecule has 2 rings (SSSR count). The van der Waals surface area contributed by atoms with Gasteiger partial charge in [-0.1, -0.05) is 0 Å². The molecular formula is C15H24S2SiSn. The molecule has 4 heteroatoms. The van der Waals surface area contributed by atoms with Crippen molar-refractivity contribution in [2.45, 2.75) is 41.4 Å². The predicted octanol–water partition coefficient (Wildman–Crippen LogP) is 4.88. The Morgan fingerprint density at radius 3 is 2.05 bits per heavy atom. The molecule has 0 fully saturated rings. The molecule has 0 N–H and O–H groups in total. The molecule has 2 aromatic rings. The second kappa shape index (κ2) is 5.32. The van der Waals surface area contributed by atoms with Gasteiger partial charge in [-0.25, -0.2) is 0 Å². The van der Waals surface area contributed by atoms with Crippen molar-refractivity contribution in [3.8, 4) is 9.75 Å². The van der Waals surface area contributed by atoms with Crippen LogP contribution in [-0.2, 0) is 0 Å². The summed E-state index contributed by atoms with van der Waals surface area (Å²) in [7, 11) is -1.16. The molecule has 19 heavy (non-hydrogen) atoms. The van der Waals surface area contributed by atoms with E-state index in [1.807, 2.05) is 11.3 Å². The van der Waals surface area contributed by atoms with E-state index < -0.39 is 26.5 Å². The summed E-state index contributed by atoms with van der Waals surface area (Å²) in [5, 5.41) is 0. The predicted molar refractivity (Wildman–Crippen MR) is 98.3 cm³/mol. The molecule has 2 aromatic heterocycles. The van der Waals surface area contributed by atoms with E-state index in [2.05, 4.69) is 70.9 Å². The van der Waals surface area contributed by atoms with Gasteiger partial charge in [-0.15, -0.1) is 0 Å². The standard InChI is InChI=1S/C12H15S2Si.3CH3.Sn/c1-9-7-8-13-12(9)10-5-6-11(14-10)15(2,3)4;;;;/h5-7H,1-4H3;3*1H3;. The zero-order chi connectivity index (χ0) is 14.4. The minimum absolute atomic E-state index is 1.16. The molecule has 0 spiro atoms. The van der Waals surface area contributed by atoms with E-state index >= 15 is 0 Å². The number of aryl methyl sites for hydroxylation is 1. The molecule has 0 atom stereocenters. The fraction of sp³-hybridized carbons (Fsp3) is 0.467. The van der Waals surface area contributed by atoms with Crippen LogP contribution >= 0.6 is 22.7 Å². The van der Waals surface area contributed by atoms with Crippen LogP contribution in [0.1, 0.15) is 5.56 Å². The molecule has 0 nitrogen and oxygen atoms in total. The molecule has 0 aliphatic heterocycles. The van der Waals surface area contributed by atoms with Gasteiger partial charge >= 0.3 is 131 Å². The Hall–Kier alpha value is 0.416. The van der Waals surface area contributed by atoms with E-state index in [9.17, 15) is 0 Å². The van der Waals surface area contributed by atoms with Gasteiger partial charge in [-0.2, -0.15) is 0 Å². The molecule has 0 bridgehead atoms. The first-order valence-corrected chi connectivity index (χ1v) is 21.9. The van der Waals surface area contributed by atoms with Crippen molar-refractivity contribution < 1.29 is 0 Å². The van der Waals surface area contributed by atoms with Gasteiger partial charge in [0.2, 0.25) is 0 Å². The van der Waals surface area contributed by atoms with Gasteiger partial charge in [0.05, 0.1) is 0 Å². The fourth-order valence-corrected chi connectivity index (χ4v) is 11.6. The van der Waals surface area contributed by atoms with Crippen molar-refractivity contribution in [3.63, 3.8) is 0 Å². The van der Waals surface area contributed by atoms with Crippen LogP contribution in [0.25, 0.3) is 9.75 Å². The van der Waals surface area contributed by atoms with Gasteiger partial charge in [0.15, 0.2) is 0 Å². The Balaban J connectivity index is 2.43. The van der Waals surface area contributed by atoms with Gasteiger partial charge in [0.25, 0.3) is 0 Å². The Morgan fingerprint density at radius 2 is 1.63 bits per heavy atom. The van der Waals surface area contributed by atoms with Crippen molar-refractivity contribution >= 4 is 56.5 Å². The Kier molecular flexibility index (Phi) is 4.42. The van der Waals surface area contributed by atoms with E-state index in [4.69, 9.17) is 0 Å². The molecule has 0 aliphatic carbocycles. The van der Waals surface area contributed by atoms with E-state index in [1.165, 1.54) is 15.3 Å². The molecule has 0 amide bonds. The molecule has 104 valence electrons. The third kappa shape index (κ3) is 3.54. The topological polar surface area (TPSA) is 0 Å². The van der Waals surface area contributed by atoms with Crippen LogP contribution in [0.15, 0.2) is 18.2 Å². The van der Waals surface area contributed by atoms with Crippen LogP contribution in [0.5, 0.6) is 0 Å². The van der Waals surface area contributed by atoms with Gasteiger partial charge in [0, 0.05) is 0 Å².